The van der Waals surface area contributed by atoms with Crippen molar-refractivity contribution in [1.29, 1.82) is 0 Å². The molecule has 1 saturated carbocycles. The van der Waals surface area contributed by atoms with Crippen molar-refractivity contribution in [3.8, 4) is 0 Å². The molecule has 0 aromatic carbocycles. The fourth-order valence-corrected chi connectivity index (χ4v) is 5.07. The van der Waals surface area contributed by atoms with Gasteiger partial charge in [0.25, 0.3) is 0 Å². The van der Waals surface area contributed by atoms with Crippen LogP contribution in [0.5, 0.6) is 0 Å². The van der Waals surface area contributed by atoms with Crippen LogP contribution in [0.1, 0.15) is 30.6 Å². The van der Waals surface area contributed by atoms with Gasteiger partial charge in [-0.3, -0.25) is 0 Å². The molecule has 1 aromatic rings. The Labute approximate surface area is 130 Å². The molecule has 1 saturated heterocycles. The Hall–Kier alpha value is -0.470. The average Bonchev–Trinajstić information content (AvgIpc) is 3.15. The van der Waals surface area contributed by atoms with E-state index in [9.17, 15) is 8.42 Å². The summed E-state index contributed by atoms with van der Waals surface area (Å²) in [6.45, 7) is 2.68. The van der Waals surface area contributed by atoms with Crippen LogP contribution < -0.4 is 10.0 Å². The summed E-state index contributed by atoms with van der Waals surface area (Å²) in [4.78, 5) is 3.74. The second-order valence-corrected chi connectivity index (χ2v) is 8.81. The summed E-state index contributed by atoms with van der Waals surface area (Å²) in [5.41, 5.74) is 0. The van der Waals surface area contributed by atoms with Crippen LogP contribution in [0.15, 0.2) is 16.3 Å². The zero-order chi connectivity index (χ0) is 14.9. The van der Waals surface area contributed by atoms with E-state index in [-0.39, 0.29) is 6.04 Å². The minimum atomic E-state index is -3.37. The predicted molar refractivity (Wildman–Crippen MR) is 85.0 cm³/mol. The molecule has 2 heterocycles. The number of nitrogens with zero attached hydrogens (tertiary/aromatic N) is 1. The van der Waals surface area contributed by atoms with Crippen molar-refractivity contribution in [1.82, 2.24) is 14.9 Å². The predicted octanol–water partition coefficient (Wildman–Crippen LogP) is 1.37. The molecular weight excluding hydrogens is 306 g/mol. The van der Waals surface area contributed by atoms with Gasteiger partial charge in [-0.05, 0) is 51.9 Å². The van der Waals surface area contributed by atoms with Crippen molar-refractivity contribution in [2.24, 2.45) is 0 Å². The minimum Gasteiger partial charge on any atom is -0.309 e. The van der Waals surface area contributed by atoms with E-state index in [1.54, 1.807) is 11.4 Å². The Morgan fingerprint density at radius 1 is 1.24 bits per heavy atom. The topological polar surface area (TPSA) is 61.4 Å². The smallest absolute Gasteiger partial charge is 0.241 e. The normalized spacial score (nSPS) is 21.8. The number of nitrogens with one attached hydrogen (secondary N) is 2. The zero-order valence-electron chi connectivity index (χ0n) is 12.3. The second kappa shape index (κ2) is 6.34. The molecule has 0 unspecified atom stereocenters. The number of likely N-dealkylation sites (tertiary alicyclic amines) is 1. The highest BCUT2D eigenvalue weighted by molar-refractivity contribution is 7.89. The third-order valence-electron chi connectivity index (χ3n) is 4.12. The second-order valence-electron chi connectivity index (χ2n) is 6.10. The fraction of sp³-hybridized carbons (Fsp3) is 0.714. The van der Waals surface area contributed by atoms with Crippen LogP contribution in [0.2, 0.25) is 0 Å². The van der Waals surface area contributed by atoms with Crippen LogP contribution in [0.4, 0.5) is 0 Å². The molecule has 1 aliphatic heterocycles. The molecule has 5 nitrogen and oxygen atoms in total. The molecule has 3 rings (SSSR count). The monoisotopic (exact) mass is 329 g/mol. The fourth-order valence-electron chi connectivity index (χ4n) is 2.54. The van der Waals surface area contributed by atoms with Crippen molar-refractivity contribution in [3.05, 3.63) is 16.3 Å². The first-order chi connectivity index (χ1) is 10.0. The lowest BCUT2D eigenvalue weighted by atomic mass is 10.1. The molecule has 0 amide bonds. The van der Waals surface area contributed by atoms with Crippen molar-refractivity contribution >= 4 is 21.4 Å². The number of sulfonamides is 1. The maximum absolute atomic E-state index is 12.4. The van der Waals surface area contributed by atoms with Crippen LogP contribution in [0.3, 0.4) is 0 Å². The number of thiophene rings is 1. The summed E-state index contributed by atoms with van der Waals surface area (Å²) < 4.78 is 27.7. The molecule has 0 radical (unpaired) electrons. The Morgan fingerprint density at radius 2 is 1.95 bits per heavy atom. The first-order valence-corrected chi connectivity index (χ1v) is 9.91. The van der Waals surface area contributed by atoms with Gasteiger partial charge in [-0.1, -0.05) is 0 Å². The first-order valence-electron chi connectivity index (χ1n) is 7.54. The average molecular weight is 329 g/mol. The van der Waals surface area contributed by atoms with Gasteiger partial charge in [0.1, 0.15) is 0 Å². The lowest BCUT2D eigenvalue weighted by molar-refractivity contribution is 0.248. The van der Waals surface area contributed by atoms with Crippen LogP contribution in [-0.2, 0) is 16.6 Å². The molecule has 1 aromatic heterocycles. The number of hydrogen-bond acceptors (Lipinski definition) is 5. The van der Waals surface area contributed by atoms with E-state index in [0.29, 0.717) is 10.9 Å². The van der Waals surface area contributed by atoms with Crippen LogP contribution >= 0.6 is 11.3 Å². The summed E-state index contributed by atoms with van der Waals surface area (Å²) in [6, 6.07) is 2.51. The van der Waals surface area contributed by atoms with Crippen LogP contribution in [-0.4, -0.2) is 45.5 Å². The Morgan fingerprint density at radius 3 is 2.62 bits per heavy atom. The third-order valence-corrected chi connectivity index (χ3v) is 6.71. The van der Waals surface area contributed by atoms with Gasteiger partial charge in [0, 0.05) is 28.9 Å². The highest BCUT2D eigenvalue weighted by Crippen LogP contribution is 2.23. The van der Waals surface area contributed by atoms with E-state index < -0.39 is 10.0 Å². The van der Waals surface area contributed by atoms with Crippen molar-refractivity contribution in [2.75, 3.05) is 20.1 Å². The quantitative estimate of drug-likeness (QED) is 0.828. The maximum atomic E-state index is 12.4. The van der Waals surface area contributed by atoms with Crippen LogP contribution in [0.25, 0.3) is 0 Å². The standard InChI is InChI=1S/C14H23N3O2S2/c1-17-6-4-12(5-7-17)16-21(18,19)14-8-13(20-10-14)9-15-11-2-3-11/h8,10-12,15-16H,2-7,9H2,1H3. The molecule has 2 aliphatic rings. The van der Waals surface area contributed by atoms with Crippen molar-refractivity contribution < 1.29 is 8.42 Å². The van der Waals surface area contributed by atoms with Gasteiger partial charge in [-0.15, -0.1) is 11.3 Å². The van der Waals surface area contributed by atoms with Gasteiger partial charge >= 0.3 is 0 Å². The highest BCUT2D eigenvalue weighted by atomic mass is 32.2. The van der Waals surface area contributed by atoms with E-state index in [4.69, 9.17) is 0 Å². The summed E-state index contributed by atoms with van der Waals surface area (Å²) in [6.07, 6.45) is 4.26. The molecule has 118 valence electrons. The van der Waals surface area contributed by atoms with E-state index in [1.165, 1.54) is 24.2 Å². The first kappa shape index (κ1) is 15.4. The molecular formula is C14H23N3O2S2. The van der Waals surface area contributed by atoms with Crippen molar-refractivity contribution in [3.63, 3.8) is 0 Å². The minimum absolute atomic E-state index is 0.0686. The number of piperidine rings is 1. The summed E-state index contributed by atoms with van der Waals surface area (Å²) >= 11 is 1.52. The van der Waals surface area contributed by atoms with Gasteiger partial charge in [-0.25, -0.2) is 13.1 Å². The third kappa shape index (κ3) is 4.26. The molecule has 7 heteroatoms. The van der Waals surface area contributed by atoms with Gasteiger partial charge in [0.05, 0.1) is 4.90 Å². The Kier molecular flexibility index (Phi) is 4.66. The van der Waals surface area contributed by atoms with Crippen LogP contribution in [0, 0.1) is 0 Å². The summed E-state index contributed by atoms with van der Waals surface area (Å²) in [7, 11) is -1.29. The molecule has 2 N–H and O–H groups in total. The molecule has 0 atom stereocenters. The maximum Gasteiger partial charge on any atom is 0.241 e. The zero-order valence-corrected chi connectivity index (χ0v) is 14.0. The summed E-state index contributed by atoms with van der Waals surface area (Å²) in [5.74, 6) is 0. The van der Waals surface area contributed by atoms with E-state index in [1.807, 2.05) is 0 Å². The number of rotatable bonds is 6. The SMILES string of the molecule is CN1CCC(NS(=O)(=O)c2csc(CNC3CC3)c2)CC1. The molecule has 0 spiro atoms. The van der Waals surface area contributed by atoms with Gasteiger partial charge < -0.3 is 10.2 Å². The lowest BCUT2D eigenvalue weighted by Crippen LogP contribution is -2.43. The van der Waals surface area contributed by atoms with Gasteiger partial charge in [0.15, 0.2) is 0 Å². The van der Waals surface area contributed by atoms with Gasteiger partial charge in [0.2, 0.25) is 10.0 Å². The number of hydrogen-bond donors (Lipinski definition) is 2. The molecule has 21 heavy (non-hydrogen) atoms. The molecule has 2 fully saturated rings. The largest absolute Gasteiger partial charge is 0.309 e. The molecule has 0 bridgehead atoms. The highest BCUT2D eigenvalue weighted by Gasteiger charge is 2.25. The Bertz CT molecular complexity index is 573. The van der Waals surface area contributed by atoms with E-state index in [0.717, 1.165) is 37.4 Å². The van der Waals surface area contributed by atoms with Crippen molar-refractivity contribution in [2.45, 2.75) is 49.2 Å². The Balaban J connectivity index is 1.58. The van der Waals surface area contributed by atoms with E-state index >= 15 is 0 Å². The van der Waals surface area contributed by atoms with Gasteiger partial charge in [-0.2, -0.15) is 0 Å². The lowest BCUT2D eigenvalue weighted by Gasteiger charge is -2.29. The molecule has 1 aliphatic carbocycles. The summed E-state index contributed by atoms with van der Waals surface area (Å²) in [5, 5.41) is 5.16. The van der Waals surface area contributed by atoms with E-state index in [2.05, 4.69) is 22.0 Å².